The van der Waals surface area contributed by atoms with Crippen LogP contribution in [0.4, 0.5) is 0 Å². The molecular weight excluding hydrogens is 677 g/mol. The molecule has 11 rings (SSSR count). The van der Waals surface area contributed by atoms with E-state index in [-0.39, 0.29) is 0 Å². The summed E-state index contributed by atoms with van der Waals surface area (Å²) in [7, 11) is 0. The molecule has 262 valence electrons. The Morgan fingerprint density at radius 1 is 0.196 bits per heavy atom. The molecule has 0 aliphatic carbocycles. The van der Waals surface area contributed by atoms with Gasteiger partial charge in [0, 0.05) is 32.9 Å². The van der Waals surface area contributed by atoms with Gasteiger partial charge >= 0.3 is 0 Å². The van der Waals surface area contributed by atoms with Crippen LogP contribution in [-0.4, -0.2) is 9.13 Å². The summed E-state index contributed by atoms with van der Waals surface area (Å²) in [6.07, 6.45) is 0. The third-order valence-corrected chi connectivity index (χ3v) is 11.4. The minimum atomic E-state index is 1.14. The standard InChI is InChI=1S/C54H36N2/c1-3-11-37(12-4-1)39-19-23-41(24-20-39)43-27-31-45(32-28-43)55-51-17-9-7-15-47(51)49-35-50-48-16-8-10-18-52(48)56(54(50)36-53(49)55)46-33-29-44(30-34-46)42-25-21-40(22-26-42)38-13-5-2-6-14-38/h1-36H. The summed E-state index contributed by atoms with van der Waals surface area (Å²) < 4.78 is 4.85. The van der Waals surface area contributed by atoms with E-state index in [0.29, 0.717) is 0 Å². The molecule has 0 bridgehead atoms. The Labute approximate surface area is 325 Å². The molecule has 2 nitrogen and oxygen atoms in total. The molecule has 0 spiro atoms. The number of aromatic nitrogens is 2. The van der Waals surface area contributed by atoms with Gasteiger partial charge in [0.1, 0.15) is 0 Å². The second kappa shape index (κ2) is 13.2. The topological polar surface area (TPSA) is 9.86 Å². The highest BCUT2D eigenvalue weighted by Gasteiger charge is 2.18. The molecule has 0 fully saturated rings. The van der Waals surface area contributed by atoms with Gasteiger partial charge in [-0.15, -0.1) is 0 Å². The van der Waals surface area contributed by atoms with Crippen molar-refractivity contribution in [2.24, 2.45) is 0 Å². The van der Waals surface area contributed by atoms with E-state index in [4.69, 9.17) is 0 Å². The molecule has 0 unspecified atom stereocenters. The molecule has 0 saturated heterocycles. The summed E-state index contributed by atoms with van der Waals surface area (Å²) in [5.41, 5.74) is 16.8. The van der Waals surface area contributed by atoms with Crippen molar-refractivity contribution >= 4 is 43.6 Å². The quantitative estimate of drug-likeness (QED) is 0.162. The van der Waals surface area contributed by atoms with Crippen molar-refractivity contribution in [1.82, 2.24) is 9.13 Å². The number of rotatable bonds is 6. The molecule has 0 radical (unpaired) electrons. The molecule has 2 heteroatoms. The van der Waals surface area contributed by atoms with Crippen molar-refractivity contribution in [3.63, 3.8) is 0 Å². The Kier molecular flexibility index (Phi) is 7.53. The van der Waals surface area contributed by atoms with Gasteiger partial charge in [-0.1, -0.05) is 170 Å². The van der Waals surface area contributed by atoms with Crippen molar-refractivity contribution in [2.75, 3.05) is 0 Å². The molecule has 11 aromatic rings. The van der Waals surface area contributed by atoms with Crippen molar-refractivity contribution in [3.8, 4) is 55.9 Å². The predicted octanol–water partition coefficient (Wildman–Crippen LogP) is 14.5. The van der Waals surface area contributed by atoms with Crippen LogP contribution in [0.5, 0.6) is 0 Å². The normalized spacial score (nSPS) is 11.6. The molecule has 2 aromatic heterocycles. The number of hydrogen-bond acceptors (Lipinski definition) is 0. The summed E-state index contributed by atoms with van der Waals surface area (Å²) >= 11 is 0. The molecule has 9 aromatic carbocycles. The van der Waals surface area contributed by atoms with Gasteiger partial charge in [-0.3, -0.25) is 0 Å². The van der Waals surface area contributed by atoms with Crippen molar-refractivity contribution < 1.29 is 0 Å². The van der Waals surface area contributed by atoms with Crippen LogP contribution in [0.15, 0.2) is 218 Å². The molecule has 0 saturated carbocycles. The van der Waals surface area contributed by atoms with Crippen LogP contribution < -0.4 is 0 Å². The first-order chi connectivity index (χ1) is 27.8. The van der Waals surface area contributed by atoms with Crippen LogP contribution in [0.3, 0.4) is 0 Å². The summed E-state index contributed by atoms with van der Waals surface area (Å²) in [4.78, 5) is 0. The van der Waals surface area contributed by atoms with Crippen LogP contribution in [0.1, 0.15) is 0 Å². The first-order valence-corrected chi connectivity index (χ1v) is 19.3. The van der Waals surface area contributed by atoms with E-state index in [1.54, 1.807) is 0 Å². The molecule has 0 N–H and O–H groups in total. The maximum Gasteiger partial charge on any atom is 0.0562 e. The van der Waals surface area contributed by atoms with Gasteiger partial charge in [-0.05, 0) is 93.0 Å². The minimum absolute atomic E-state index is 1.14. The monoisotopic (exact) mass is 712 g/mol. The van der Waals surface area contributed by atoms with E-state index in [9.17, 15) is 0 Å². The van der Waals surface area contributed by atoms with Crippen LogP contribution >= 0.6 is 0 Å². The molecule has 56 heavy (non-hydrogen) atoms. The summed E-state index contributed by atoms with van der Waals surface area (Å²) in [6, 6.07) is 79.3. The van der Waals surface area contributed by atoms with E-state index in [1.807, 2.05) is 0 Å². The van der Waals surface area contributed by atoms with E-state index < -0.39 is 0 Å². The van der Waals surface area contributed by atoms with Crippen LogP contribution in [0.25, 0.3) is 99.5 Å². The fraction of sp³-hybridized carbons (Fsp3) is 0. The number of hydrogen-bond donors (Lipinski definition) is 0. The lowest BCUT2D eigenvalue weighted by atomic mass is 10.0. The van der Waals surface area contributed by atoms with Crippen molar-refractivity contribution in [3.05, 3.63) is 218 Å². The fourth-order valence-electron chi connectivity index (χ4n) is 8.56. The van der Waals surface area contributed by atoms with Crippen LogP contribution in [-0.2, 0) is 0 Å². The zero-order valence-electron chi connectivity index (χ0n) is 30.7. The third-order valence-electron chi connectivity index (χ3n) is 11.4. The van der Waals surface area contributed by atoms with Gasteiger partial charge in [0.25, 0.3) is 0 Å². The van der Waals surface area contributed by atoms with E-state index in [2.05, 4.69) is 228 Å². The Morgan fingerprint density at radius 2 is 0.482 bits per heavy atom. The Morgan fingerprint density at radius 3 is 0.839 bits per heavy atom. The zero-order chi connectivity index (χ0) is 37.0. The summed E-state index contributed by atoms with van der Waals surface area (Å²) in [5, 5.41) is 5.02. The SMILES string of the molecule is c1ccc(-c2ccc(-c3ccc(-n4c5ccccc5c5cc6c7ccccc7n(-c7ccc(-c8ccc(-c9ccccc9)cc8)cc7)c6cc54)cc3)cc2)cc1. The lowest BCUT2D eigenvalue weighted by Gasteiger charge is -2.12. The minimum Gasteiger partial charge on any atom is -0.309 e. The first kappa shape index (κ1) is 32.0. The highest BCUT2D eigenvalue weighted by atomic mass is 15.0. The Balaban J connectivity index is 1.01. The van der Waals surface area contributed by atoms with Gasteiger partial charge in [0.05, 0.1) is 22.1 Å². The molecule has 2 heterocycles. The molecule has 0 aliphatic rings. The predicted molar refractivity (Wildman–Crippen MR) is 237 cm³/mol. The average Bonchev–Trinajstić information content (AvgIpc) is 3.78. The second-order valence-electron chi connectivity index (χ2n) is 14.6. The maximum absolute atomic E-state index is 2.43. The van der Waals surface area contributed by atoms with Gasteiger partial charge in [0.2, 0.25) is 0 Å². The molecule has 0 aliphatic heterocycles. The largest absolute Gasteiger partial charge is 0.309 e. The Hall–Kier alpha value is -7.42. The third kappa shape index (κ3) is 5.34. The summed E-state index contributed by atoms with van der Waals surface area (Å²) in [5.74, 6) is 0. The lowest BCUT2D eigenvalue weighted by molar-refractivity contribution is 1.16. The van der Waals surface area contributed by atoms with Gasteiger partial charge in [-0.25, -0.2) is 0 Å². The lowest BCUT2D eigenvalue weighted by Crippen LogP contribution is -1.96. The van der Waals surface area contributed by atoms with Crippen LogP contribution in [0.2, 0.25) is 0 Å². The van der Waals surface area contributed by atoms with Crippen molar-refractivity contribution in [2.45, 2.75) is 0 Å². The van der Waals surface area contributed by atoms with Gasteiger partial charge < -0.3 is 9.13 Å². The molecule has 0 amide bonds. The maximum atomic E-state index is 2.43. The van der Waals surface area contributed by atoms with Crippen LogP contribution in [0, 0.1) is 0 Å². The van der Waals surface area contributed by atoms with Gasteiger partial charge in [0.15, 0.2) is 0 Å². The van der Waals surface area contributed by atoms with E-state index >= 15 is 0 Å². The smallest absolute Gasteiger partial charge is 0.0562 e. The fourth-order valence-corrected chi connectivity index (χ4v) is 8.56. The van der Waals surface area contributed by atoms with Gasteiger partial charge in [-0.2, -0.15) is 0 Å². The zero-order valence-corrected chi connectivity index (χ0v) is 30.7. The second-order valence-corrected chi connectivity index (χ2v) is 14.6. The summed E-state index contributed by atoms with van der Waals surface area (Å²) in [6.45, 7) is 0. The molecular formula is C54H36N2. The first-order valence-electron chi connectivity index (χ1n) is 19.3. The number of nitrogens with zero attached hydrogens (tertiary/aromatic N) is 2. The number of fused-ring (bicyclic) bond motifs is 6. The highest BCUT2D eigenvalue weighted by Crippen LogP contribution is 2.40. The van der Waals surface area contributed by atoms with E-state index in [1.165, 1.54) is 88.1 Å². The average molecular weight is 713 g/mol. The Bertz CT molecular complexity index is 2950. The highest BCUT2D eigenvalue weighted by molar-refractivity contribution is 6.19. The molecule has 0 atom stereocenters. The van der Waals surface area contributed by atoms with E-state index in [0.717, 1.165) is 11.4 Å². The number of para-hydroxylation sites is 2. The van der Waals surface area contributed by atoms with Crippen molar-refractivity contribution in [1.29, 1.82) is 0 Å². The number of benzene rings is 9.